The molecule has 0 spiro atoms. The summed E-state index contributed by atoms with van der Waals surface area (Å²) in [4.78, 5) is 39.7. The average Bonchev–Trinajstić information content (AvgIpc) is 3.33. The molecule has 10 nitrogen and oxygen atoms in total. The Morgan fingerprint density at radius 3 is 2.50 bits per heavy atom. The van der Waals surface area contributed by atoms with Crippen molar-refractivity contribution in [1.82, 2.24) is 20.4 Å². The van der Waals surface area contributed by atoms with Crippen LogP contribution in [-0.4, -0.2) is 38.1 Å². The summed E-state index contributed by atoms with van der Waals surface area (Å²) in [6, 6.07) is 10.3. The highest BCUT2D eigenvalue weighted by molar-refractivity contribution is 6.08. The van der Waals surface area contributed by atoms with Crippen molar-refractivity contribution in [3.05, 3.63) is 76.2 Å². The molecular weight excluding hydrogens is 435 g/mol. The third-order valence-corrected chi connectivity index (χ3v) is 4.81. The van der Waals surface area contributed by atoms with Crippen molar-refractivity contribution < 1.29 is 32.2 Å². The summed E-state index contributed by atoms with van der Waals surface area (Å²) in [5.41, 5.74) is -3.73. The summed E-state index contributed by atoms with van der Waals surface area (Å²) in [6.45, 7) is -0.725. The number of nitrogens with zero attached hydrogens (tertiary/aromatic N) is 4. The minimum Gasteiger partial charge on any atom is -0.337 e. The van der Waals surface area contributed by atoms with Gasteiger partial charge in [-0.3, -0.25) is 19.8 Å². The normalized spacial score (nSPS) is 18.7. The number of benzene rings is 2. The van der Waals surface area contributed by atoms with Gasteiger partial charge in [0.05, 0.1) is 4.92 Å². The minimum absolute atomic E-state index is 0.0964. The molecule has 0 aliphatic carbocycles. The molecule has 1 atom stereocenters. The lowest BCUT2D eigenvalue weighted by Gasteiger charge is -2.29. The number of nitrogens with one attached hydrogen (secondary N) is 1. The number of amides is 3. The zero-order chi connectivity index (χ0) is 23.1. The second-order valence-electron chi connectivity index (χ2n) is 6.75. The van der Waals surface area contributed by atoms with Gasteiger partial charge < -0.3 is 9.84 Å². The van der Waals surface area contributed by atoms with E-state index in [1.165, 1.54) is 42.5 Å². The van der Waals surface area contributed by atoms with E-state index in [0.29, 0.717) is 4.90 Å². The van der Waals surface area contributed by atoms with E-state index in [4.69, 9.17) is 4.52 Å². The molecule has 3 amide bonds. The van der Waals surface area contributed by atoms with Crippen LogP contribution in [0.2, 0.25) is 0 Å². The molecule has 2 aromatic carbocycles. The highest BCUT2D eigenvalue weighted by Gasteiger charge is 2.68. The van der Waals surface area contributed by atoms with E-state index in [2.05, 4.69) is 10.1 Å². The lowest BCUT2D eigenvalue weighted by atomic mass is 9.89. The van der Waals surface area contributed by atoms with Crippen LogP contribution in [0.3, 0.4) is 0 Å². The molecule has 1 saturated heterocycles. The zero-order valence-corrected chi connectivity index (χ0v) is 15.9. The number of carbonyl (C=O) groups excluding carboxylic acids is 2. The van der Waals surface area contributed by atoms with Crippen molar-refractivity contribution in [3.63, 3.8) is 0 Å². The maximum atomic E-state index is 14.0. The number of nitro groups is 1. The number of non-ortho nitro benzene ring substituents is 1. The Bertz CT molecular complexity index is 1210. The number of hydrogen-bond acceptors (Lipinski definition) is 7. The van der Waals surface area contributed by atoms with Gasteiger partial charge in [-0.2, -0.15) is 18.2 Å². The number of imide groups is 1. The quantitative estimate of drug-likeness (QED) is 0.361. The van der Waals surface area contributed by atoms with Gasteiger partial charge in [-0.25, -0.2) is 4.79 Å². The van der Waals surface area contributed by atoms with Crippen LogP contribution in [0.25, 0.3) is 11.4 Å². The molecule has 1 aromatic heterocycles. The number of carbonyl (C=O) groups is 2. The van der Waals surface area contributed by atoms with Crippen molar-refractivity contribution in [1.29, 1.82) is 0 Å². The highest BCUT2D eigenvalue weighted by atomic mass is 19.4. The Labute approximate surface area is 176 Å². The van der Waals surface area contributed by atoms with Crippen LogP contribution in [0.1, 0.15) is 11.5 Å². The molecular formula is C19H12F3N5O5. The predicted octanol–water partition coefficient (Wildman–Crippen LogP) is 3.15. The largest absolute Gasteiger partial charge is 0.425 e. The number of halogens is 3. The topological polar surface area (TPSA) is 131 Å². The van der Waals surface area contributed by atoms with Crippen molar-refractivity contribution in [2.75, 3.05) is 0 Å². The minimum atomic E-state index is -5.13. The van der Waals surface area contributed by atoms with Gasteiger partial charge in [0, 0.05) is 17.7 Å². The van der Waals surface area contributed by atoms with Gasteiger partial charge in [0.1, 0.15) is 6.54 Å². The number of aromatic nitrogens is 2. The second kappa shape index (κ2) is 7.44. The molecule has 164 valence electrons. The van der Waals surface area contributed by atoms with Crippen molar-refractivity contribution >= 4 is 17.6 Å². The summed E-state index contributed by atoms with van der Waals surface area (Å²) in [6.07, 6.45) is -5.13. The molecule has 13 heteroatoms. The third-order valence-electron chi connectivity index (χ3n) is 4.81. The highest BCUT2D eigenvalue weighted by Crippen LogP contribution is 2.43. The van der Waals surface area contributed by atoms with Crippen LogP contribution in [0, 0.1) is 10.1 Å². The van der Waals surface area contributed by atoms with Crippen LogP contribution in [0.15, 0.2) is 59.1 Å². The fourth-order valence-corrected chi connectivity index (χ4v) is 3.29. The Hall–Kier alpha value is -4.29. The molecule has 3 aromatic rings. The fraction of sp³-hybridized carbons (Fsp3) is 0.158. The van der Waals surface area contributed by atoms with E-state index in [1.807, 2.05) is 0 Å². The maximum Gasteiger partial charge on any atom is 0.425 e. The molecule has 1 aliphatic rings. The lowest BCUT2D eigenvalue weighted by Crippen LogP contribution is -2.55. The number of rotatable bonds is 5. The molecule has 0 radical (unpaired) electrons. The average molecular weight is 447 g/mol. The summed E-state index contributed by atoms with van der Waals surface area (Å²) < 4.78 is 46.9. The molecule has 0 bridgehead atoms. The van der Waals surface area contributed by atoms with E-state index in [9.17, 15) is 32.9 Å². The lowest BCUT2D eigenvalue weighted by molar-refractivity contribution is -0.384. The summed E-state index contributed by atoms with van der Waals surface area (Å²) in [7, 11) is 0. The molecule has 2 heterocycles. The van der Waals surface area contributed by atoms with Crippen LogP contribution in [0.5, 0.6) is 0 Å². The van der Waals surface area contributed by atoms with E-state index in [-0.39, 0.29) is 23.0 Å². The number of hydrogen-bond donors (Lipinski definition) is 1. The van der Waals surface area contributed by atoms with E-state index >= 15 is 0 Å². The van der Waals surface area contributed by atoms with Gasteiger partial charge in [-0.05, 0) is 5.56 Å². The maximum absolute atomic E-state index is 14.0. The van der Waals surface area contributed by atoms with Gasteiger partial charge in [0.2, 0.25) is 17.3 Å². The van der Waals surface area contributed by atoms with Crippen molar-refractivity contribution in [2.45, 2.75) is 18.3 Å². The summed E-state index contributed by atoms with van der Waals surface area (Å²) in [5.74, 6) is -1.97. The van der Waals surface area contributed by atoms with Crippen LogP contribution in [-0.2, 0) is 16.9 Å². The van der Waals surface area contributed by atoms with Gasteiger partial charge >= 0.3 is 12.2 Å². The van der Waals surface area contributed by atoms with Crippen LogP contribution in [0.4, 0.5) is 23.7 Å². The molecule has 0 unspecified atom stereocenters. The van der Waals surface area contributed by atoms with Gasteiger partial charge in [-0.15, -0.1) is 0 Å². The van der Waals surface area contributed by atoms with Crippen molar-refractivity contribution in [3.8, 4) is 11.4 Å². The molecule has 0 saturated carbocycles. The van der Waals surface area contributed by atoms with Gasteiger partial charge in [-0.1, -0.05) is 47.6 Å². The Morgan fingerprint density at radius 1 is 1.12 bits per heavy atom. The van der Waals surface area contributed by atoms with E-state index in [1.54, 1.807) is 5.32 Å². The van der Waals surface area contributed by atoms with Crippen LogP contribution >= 0.6 is 0 Å². The first-order valence-corrected chi connectivity index (χ1v) is 8.97. The summed E-state index contributed by atoms with van der Waals surface area (Å²) in [5, 5.41) is 16.3. The first kappa shape index (κ1) is 21.0. The van der Waals surface area contributed by atoms with E-state index in [0.717, 1.165) is 12.1 Å². The van der Waals surface area contributed by atoms with Gasteiger partial charge in [0.15, 0.2) is 0 Å². The summed E-state index contributed by atoms with van der Waals surface area (Å²) >= 11 is 0. The Morgan fingerprint density at radius 2 is 1.84 bits per heavy atom. The number of alkyl halides is 3. The fourth-order valence-electron chi connectivity index (χ4n) is 3.29. The SMILES string of the molecule is O=C1N[C@](c2ccccc2)(C(F)(F)F)C(=O)N1Cc1nc(-c2cccc([N+](=O)[O-])c2)no1. The molecule has 1 fully saturated rings. The van der Waals surface area contributed by atoms with Gasteiger partial charge in [0.25, 0.3) is 11.6 Å². The van der Waals surface area contributed by atoms with E-state index < -0.39 is 40.7 Å². The first-order chi connectivity index (χ1) is 15.1. The first-order valence-electron chi connectivity index (χ1n) is 8.97. The molecule has 32 heavy (non-hydrogen) atoms. The van der Waals surface area contributed by atoms with Crippen LogP contribution < -0.4 is 5.32 Å². The standard InChI is InChI=1S/C19H12F3N5O5/c20-19(21,22)18(12-6-2-1-3-7-12)16(28)26(17(29)24-18)10-14-23-15(25-32-14)11-5-4-8-13(9-11)27(30)31/h1-9H,10H2,(H,24,29)/t18-/m0/s1. The molecule has 4 rings (SSSR count). The Balaban J connectivity index is 1.64. The predicted molar refractivity (Wildman–Crippen MR) is 99.6 cm³/mol. The number of urea groups is 1. The second-order valence-corrected chi connectivity index (χ2v) is 6.75. The zero-order valence-electron chi connectivity index (χ0n) is 15.9. The monoisotopic (exact) mass is 447 g/mol. The third kappa shape index (κ3) is 3.33. The number of nitro benzene ring substituents is 1. The molecule has 1 N–H and O–H groups in total. The smallest absolute Gasteiger partial charge is 0.337 e. The Kier molecular flexibility index (Phi) is 4.87. The van der Waals surface area contributed by atoms with Crippen molar-refractivity contribution in [2.24, 2.45) is 0 Å². The molecule has 1 aliphatic heterocycles.